The Hall–Kier alpha value is -2.12. The van der Waals surface area contributed by atoms with Gasteiger partial charge in [-0.1, -0.05) is 30.3 Å². The summed E-state index contributed by atoms with van der Waals surface area (Å²) < 4.78 is 28.0. The fourth-order valence-corrected chi connectivity index (χ4v) is 4.69. The highest BCUT2D eigenvalue weighted by molar-refractivity contribution is 7.89. The highest BCUT2D eigenvalue weighted by Crippen LogP contribution is 2.28. The summed E-state index contributed by atoms with van der Waals surface area (Å²) in [5.41, 5.74) is 5.32. The first kappa shape index (κ1) is 18.7. The maximum atomic E-state index is 12.6. The van der Waals surface area contributed by atoms with Gasteiger partial charge in [-0.25, -0.2) is 13.1 Å². The molecule has 5 N–H and O–H groups in total. The normalized spacial score (nSPS) is 20.8. The van der Waals surface area contributed by atoms with Crippen molar-refractivity contribution >= 4 is 26.8 Å². The van der Waals surface area contributed by atoms with Gasteiger partial charge in [0, 0.05) is 13.1 Å². The smallest absolute Gasteiger partial charge is 0.240 e. The molecule has 1 saturated carbocycles. The molecule has 7 heteroatoms. The zero-order valence-corrected chi connectivity index (χ0v) is 15.6. The summed E-state index contributed by atoms with van der Waals surface area (Å²) in [6, 6.07) is 13.0. The third-order valence-electron chi connectivity index (χ3n) is 5.14. The van der Waals surface area contributed by atoms with Gasteiger partial charge in [0.1, 0.15) is 0 Å². The van der Waals surface area contributed by atoms with E-state index in [2.05, 4.69) is 10.0 Å². The highest BCUT2D eigenvalue weighted by Gasteiger charge is 2.23. The van der Waals surface area contributed by atoms with E-state index in [4.69, 9.17) is 11.1 Å². The third kappa shape index (κ3) is 4.74. The van der Waals surface area contributed by atoms with Gasteiger partial charge in [0.15, 0.2) is 5.96 Å². The highest BCUT2D eigenvalue weighted by atomic mass is 32.2. The van der Waals surface area contributed by atoms with E-state index in [1.54, 1.807) is 12.1 Å². The average Bonchev–Trinajstić information content (AvgIpc) is 2.65. The molecule has 140 valence electrons. The maximum absolute atomic E-state index is 12.6. The van der Waals surface area contributed by atoms with E-state index in [1.165, 1.54) is 0 Å². The Morgan fingerprint density at radius 1 is 1.00 bits per heavy atom. The minimum absolute atomic E-state index is 0.00951. The molecule has 0 unspecified atom stereocenters. The van der Waals surface area contributed by atoms with Crippen LogP contribution in [0.1, 0.15) is 25.7 Å². The van der Waals surface area contributed by atoms with Crippen LogP contribution in [0.4, 0.5) is 0 Å². The molecule has 0 aromatic heterocycles. The van der Waals surface area contributed by atoms with Crippen LogP contribution in [0.15, 0.2) is 47.4 Å². The second-order valence-corrected chi connectivity index (χ2v) is 8.81. The van der Waals surface area contributed by atoms with Gasteiger partial charge in [-0.3, -0.25) is 5.41 Å². The molecule has 0 atom stereocenters. The lowest BCUT2D eigenvalue weighted by molar-refractivity contribution is 0.275. The molecule has 0 radical (unpaired) electrons. The van der Waals surface area contributed by atoms with Gasteiger partial charge in [0.05, 0.1) is 4.90 Å². The largest absolute Gasteiger partial charge is 0.370 e. The van der Waals surface area contributed by atoms with E-state index >= 15 is 0 Å². The van der Waals surface area contributed by atoms with Crippen molar-refractivity contribution in [3.63, 3.8) is 0 Å². The number of guanidine groups is 1. The molecule has 0 saturated heterocycles. The summed E-state index contributed by atoms with van der Waals surface area (Å²) in [6.45, 7) is 1.20. The average molecular weight is 375 g/mol. The predicted octanol–water partition coefficient (Wildman–Crippen LogP) is 2.41. The summed E-state index contributed by atoms with van der Waals surface area (Å²) >= 11 is 0. The van der Waals surface area contributed by atoms with Crippen molar-refractivity contribution in [2.24, 2.45) is 17.6 Å². The lowest BCUT2D eigenvalue weighted by Crippen LogP contribution is -2.37. The van der Waals surface area contributed by atoms with Crippen LogP contribution in [0.5, 0.6) is 0 Å². The molecule has 26 heavy (non-hydrogen) atoms. The van der Waals surface area contributed by atoms with Crippen LogP contribution in [0.25, 0.3) is 10.8 Å². The van der Waals surface area contributed by atoms with E-state index in [9.17, 15) is 8.42 Å². The van der Waals surface area contributed by atoms with Crippen LogP contribution in [-0.4, -0.2) is 27.5 Å². The molecule has 6 nitrogen and oxygen atoms in total. The minimum Gasteiger partial charge on any atom is -0.370 e. The van der Waals surface area contributed by atoms with Crippen molar-refractivity contribution in [1.82, 2.24) is 10.0 Å². The molecule has 3 rings (SSSR count). The quantitative estimate of drug-likeness (QED) is 0.460. The van der Waals surface area contributed by atoms with Gasteiger partial charge in [-0.2, -0.15) is 0 Å². The van der Waals surface area contributed by atoms with Crippen molar-refractivity contribution in [3.05, 3.63) is 42.5 Å². The van der Waals surface area contributed by atoms with Crippen LogP contribution in [0, 0.1) is 17.2 Å². The monoisotopic (exact) mass is 374 g/mol. The van der Waals surface area contributed by atoms with E-state index in [0.29, 0.717) is 23.3 Å². The summed E-state index contributed by atoms with van der Waals surface area (Å²) in [5.74, 6) is 0.876. The Morgan fingerprint density at radius 3 is 2.27 bits per heavy atom. The number of nitrogens with two attached hydrogens (primary N) is 1. The summed E-state index contributed by atoms with van der Waals surface area (Å²) in [4.78, 5) is 0.315. The van der Waals surface area contributed by atoms with Crippen LogP contribution in [-0.2, 0) is 10.0 Å². The molecule has 0 bridgehead atoms. The number of hydrogen-bond donors (Lipinski definition) is 4. The van der Waals surface area contributed by atoms with Gasteiger partial charge in [0.2, 0.25) is 10.0 Å². The van der Waals surface area contributed by atoms with Gasteiger partial charge in [0.25, 0.3) is 0 Å². The number of rotatable bonds is 6. The molecular formula is C19H26N4O2S. The molecule has 0 amide bonds. The van der Waals surface area contributed by atoms with Crippen molar-refractivity contribution in [2.45, 2.75) is 30.6 Å². The van der Waals surface area contributed by atoms with Crippen LogP contribution < -0.4 is 15.8 Å². The predicted molar refractivity (Wildman–Crippen MR) is 105 cm³/mol. The zero-order chi connectivity index (χ0) is 18.6. The number of benzene rings is 2. The minimum atomic E-state index is -3.49. The van der Waals surface area contributed by atoms with Crippen LogP contribution in [0.3, 0.4) is 0 Å². The molecule has 0 spiro atoms. The van der Waals surface area contributed by atoms with Crippen LogP contribution >= 0.6 is 0 Å². The third-order valence-corrected chi connectivity index (χ3v) is 6.56. The lowest BCUT2D eigenvalue weighted by Gasteiger charge is -2.28. The Bertz CT molecular complexity index is 874. The van der Waals surface area contributed by atoms with Crippen molar-refractivity contribution in [1.29, 1.82) is 5.41 Å². The second kappa shape index (κ2) is 8.05. The van der Waals surface area contributed by atoms with Gasteiger partial charge < -0.3 is 11.1 Å². The Balaban J connectivity index is 1.54. The van der Waals surface area contributed by atoms with Crippen molar-refractivity contribution in [2.75, 3.05) is 13.1 Å². The first-order valence-corrected chi connectivity index (χ1v) is 10.5. The van der Waals surface area contributed by atoms with E-state index in [1.807, 2.05) is 30.3 Å². The molecule has 0 heterocycles. The fourth-order valence-electron chi connectivity index (χ4n) is 3.54. The van der Waals surface area contributed by atoms with Gasteiger partial charge in [-0.15, -0.1) is 0 Å². The molecule has 2 aromatic carbocycles. The van der Waals surface area contributed by atoms with Gasteiger partial charge >= 0.3 is 0 Å². The number of nitrogens with one attached hydrogen (secondary N) is 3. The molecule has 0 aliphatic heterocycles. The van der Waals surface area contributed by atoms with E-state index in [0.717, 1.165) is 43.0 Å². The van der Waals surface area contributed by atoms with Crippen LogP contribution in [0.2, 0.25) is 0 Å². The Labute approximate surface area is 154 Å². The molecule has 1 aliphatic rings. The van der Waals surface area contributed by atoms with Crippen molar-refractivity contribution in [3.8, 4) is 0 Å². The summed E-state index contributed by atoms with van der Waals surface area (Å²) in [6.07, 6.45) is 4.04. The second-order valence-electron chi connectivity index (χ2n) is 7.04. The van der Waals surface area contributed by atoms with E-state index < -0.39 is 10.0 Å². The Morgan fingerprint density at radius 2 is 1.62 bits per heavy atom. The topological polar surface area (TPSA) is 108 Å². The summed E-state index contributed by atoms with van der Waals surface area (Å²) in [7, 11) is -3.49. The van der Waals surface area contributed by atoms with E-state index in [-0.39, 0.29) is 5.96 Å². The number of sulfonamides is 1. The van der Waals surface area contributed by atoms with Gasteiger partial charge in [-0.05, 0) is 60.4 Å². The lowest BCUT2D eigenvalue weighted by atomic mass is 9.82. The number of fused-ring (bicyclic) bond motifs is 1. The zero-order valence-electron chi connectivity index (χ0n) is 14.7. The van der Waals surface area contributed by atoms with Crippen molar-refractivity contribution < 1.29 is 8.42 Å². The molecule has 1 fully saturated rings. The number of hydrogen-bond acceptors (Lipinski definition) is 3. The summed E-state index contributed by atoms with van der Waals surface area (Å²) in [5, 5.41) is 12.0. The standard InChI is InChI=1S/C19H26N4O2S/c20-19(21)22-12-14-5-7-15(8-6-14)13-23-26(24,25)18-10-9-16-3-1-2-4-17(16)11-18/h1-4,9-11,14-15,23H,5-8,12-13H2,(H4,20,21,22)/t14-,15-. The fraction of sp³-hybridized carbons (Fsp3) is 0.421. The molecule has 1 aliphatic carbocycles. The molecular weight excluding hydrogens is 348 g/mol. The Kier molecular flexibility index (Phi) is 5.78. The first-order chi connectivity index (χ1) is 12.4. The SMILES string of the molecule is N=C(N)NC[C@H]1CC[C@H](CNS(=O)(=O)c2ccc3ccccc3c2)CC1. The molecule has 2 aromatic rings. The maximum Gasteiger partial charge on any atom is 0.240 e. The first-order valence-electron chi connectivity index (χ1n) is 9.00.